The summed E-state index contributed by atoms with van der Waals surface area (Å²) in [4.78, 5) is 28.0. The maximum atomic E-state index is 12.3. The van der Waals surface area contributed by atoms with Gasteiger partial charge in [0.15, 0.2) is 0 Å². The van der Waals surface area contributed by atoms with Crippen molar-refractivity contribution in [3.8, 4) is 0 Å². The molecule has 2 unspecified atom stereocenters. The van der Waals surface area contributed by atoms with Gasteiger partial charge in [0.25, 0.3) is 0 Å². The van der Waals surface area contributed by atoms with Gasteiger partial charge in [-0.2, -0.15) is 0 Å². The summed E-state index contributed by atoms with van der Waals surface area (Å²) in [5.41, 5.74) is 0.174. The Labute approximate surface area is 121 Å². The molecule has 0 aromatic rings. The second-order valence-electron chi connectivity index (χ2n) is 6.47. The minimum atomic E-state index is -0.325. The van der Waals surface area contributed by atoms with E-state index in [1.807, 2.05) is 13.8 Å². The van der Waals surface area contributed by atoms with Gasteiger partial charge in [-0.05, 0) is 46.7 Å². The average molecular weight is 281 g/mol. The van der Waals surface area contributed by atoms with E-state index >= 15 is 0 Å². The summed E-state index contributed by atoms with van der Waals surface area (Å²) in [6.45, 7) is 4.73. The lowest BCUT2D eigenvalue weighted by Crippen LogP contribution is -2.58. The number of carbonyl (C=O) groups excluding carboxylic acids is 2. The molecule has 2 amide bonds. The number of nitrogens with one attached hydrogen (secondary N) is 1. The van der Waals surface area contributed by atoms with Crippen LogP contribution in [0.5, 0.6) is 0 Å². The molecule has 1 aliphatic heterocycles. The first kappa shape index (κ1) is 15.4. The molecule has 1 aliphatic carbocycles. The van der Waals surface area contributed by atoms with E-state index in [4.69, 9.17) is 0 Å². The largest absolute Gasteiger partial charge is 0.304 e. The lowest BCUT2D eigenvalue weighted by molar-refractivity contribution is -0.141. The zero-order chi connectivity index (χ0) is 14.9. The first-order valence-electron chi connectivity index (χ1n) is 7.68. The van der Waals surface area contributed by atoms with Crippen LogP contribution in [0.15, 0.2) is 0 Å². The van der Waals surface area contributed by atoms with Crippen molar-refractivity contribution in [3.63, 3.8) is 0 Å². The fourth-order valence-electron chi connectivity index (χ4n) is 3.14. The molecule has 0 aromatic carbocycles. The summed E-state index contributed by atoms with van der Waals surface area (Å²) < 4.78 is 0. The van der Waals surface area contributed by atoms with Crippen molar-refractivity contribution in [2.75, 3.05) is 20.6 Å². The third-order valence-corrected chi connectivity index (χ3v) is 5.13. The Morgan fingerprint density at radius 3 is 2.50 bits per heavy atom. The van der Waals surface area contributed by atoms with Gasteiger partial charge in [-0.25, -0.2) is 0 Å². The molecule has 2 aliphatic rings. The minimum Gasteiger partial charge on any atom is -0.304 e. The molecule has 2 rings (SSSR count). The van der Waals surface area contributed by atoms with Crippen LogP contribution in [0.4, 0.5) is 0 Å². The first-order valence-corrected chi connectivity index (χ1v) is 7.68. The Bertz CT molecular complexity index is 391. The summed E-state index contributed by atoms with van der Waals surface area (Å²) >= 11 is 0. The molecule has 5 nitrogen and oxygen atoms in total. The van der Waals surface area contributed by atoms with E-state index in [2.05, 4.69) is 24.3 Å². The lowest BCUT2D eigenvalue weighted by Gasteiger charge is -2.48. The van der Waals surface area contributed by atoms with Crippen LogP contribution in [-0.2, 0) is 9.59 Å². The lowest BCUT2D eigenvalue weighted by atomic mass is 9.75. The predicted molar refractivity (Wildman–Crippen MR) is 78.3 cm³/mol. The summed E-state index contributed by atoms with van der Waals surface area (Å²) in [6, 6.07) is -0.317. The number of likely N-dealkylation sites (tertiary alicyclic amines) is 1. The normalized spacial score (nSPS) is 27.1. The fraction of sp³-hybridized carbons (Fsp3) is 0.867. The second kappa shape index (κ2) is 5.82. The van der Waals surface area contributed by atoms with Crippen molar-refractivity contribution >= 4 is 11.8 Å². The Kier molecular flexibility index (Phi) is 4.49. The Balaban J connectivity index is 1.95. The monoisotopic (exact) mass is 281 g/mol. The number of imide groups is 1. The van der Waals surface area contributed by atoms with E-state index in [0.29, 0.717) is 6.42 Å². The predicted octanol–water partition coefficient (Wildman–Crippen LogP) is 0.986. The van der Waals surface area contributed by atoms with Gasteiger partial charge in [0.1, 0.15) is 0 Å². The van der Waals surface area contributed by atoms with Crippen molar-refractivity contribution in [3.05, 3.63) is 0 Å². The van der Waals surface area contributed by atoms with Crippen LogP contribution in [0, 0.1) is 0 Å². The Morgan fingerprint density at radius 1 is 1.40 bits per heavy atom. The van der Waals surface area contributed by atoms with Gasteiger partial charge < -0.3 is 10.2 Å². The van der Waals surface area contributed by atoms with Crippen LogP contribution in [0.3, 0.4) is 0 Å². The molecule has 20 heavy (non-hydrogen) atoms. The molecule has 5 heteroatoms. The summed E-state index contributed by atoms with van der Waals surface area (Å²) in [7, 11) is 4.18. The first-order chi connectivity index (χ1) is 9.41. The topological polar surface area (TPSA) is 52.7 Å². The highest BCUT2D eigenvalue weighted by atomic mass is 16.2. The number of carbonyl (C=O) groups is 2. The molecule has 2 fully saturated rings. The quantitative estimate of drug-likeness (QED) is 0.738. The molecule has 0 bridgehead atoms. The highest BCUT2D eigenvalue weighted by molar-refractivity contribution is 6.05. The second-order valence-corrected chi connectivity index (χ2v) is 6.47. The average Bonchev–Trinajstić information content (AvgIpc) is 2.62. The smallest absolute Gasteiger partial charge is 0.247 e. The van der Waals surface area contributed by atoms with Gasteiger partial charge in [0.05, 0.1) is 12.5 Å². The fourth-order valence-corrected chi connectivity index (χ4v) is 3.14. The maximum Gasteiger partial charge on any atom is 0.247 e. The van der Waals surface area contributed by atoms with Crippen molar-refractivity contribution in [2.24, 2.45) is 0 Å². The van der Waals surface area contributed by atoms with Crippen LogP contribution in [0.1, 0.15) is 46.0 Å². The van der Waals surface area contributed by atoms with Gasteiger partial charge in [-0.15, -0.1) is 0 Å². The standard InChI is InChI=1S/C15H27N3O2/c1-5-11(2)18-13(19)9-12(14(18)20)16-10-15(17(3)4)7-6-8-15/h11-12,16H,5-10H2,1-4H3. The zero-order valence-corrected chi connectivity index (χ0v) is 13.1. The van der Waals surface area contributed by atoms with Gasteiger partial charge in [0, 0.05) is 18.1 Å². The molecule has 0 spiro atoms. The van der Waals surface area contributed by atoms with E-state index in [9.17, 15) is 9.59 Å². The highest BCUT2D eigenvalue weighted by Crippen LogP contribution is 2.35. The summed E-state index contributed by atoms with van der Waals surface area (Å²) in [5, 5.41) is 3.34. The number of hydrogen-bond acceptors (Lipinski definition) is 4. The van der Waals surface area contributed by atoms with Crippen LogP contribution < -0.4 is 5.32 Å². The van der Waals surface area contributed by atoms with Crippen molar-refractivity contribution < 1.29 is 9.59 Å². The van der Waals surface area contributed by atoms with Gasteiger partial charge in [0.2, 0.25) is 11.8 Å². The number of likely N-dealkylation sites (N-methyl/N-ethyl adjacent to an activating group) is 1. The third kappa shape index (κ3) is 2.61. The van der Waals surface area contributed by atoms with Crippen LogP contribution in [-0.4, -0.2) is 59.9 Å². The summed E-state index contributed by atoms with van der Waals surface area (Å²) in [5.74, 6) is -0.0769. The van der Waals surface area contributed by atoms with Crippen molar-refractivity contribution in [1.29, 1.82) is 0 Å². The zero-order valence-electron chi connectivity index (χ0n) is 13.1. The SMILES string of the molecule is CCC(C)N1C(=O)CC(NCC2(N(C)C)CCC2)C1=O. The molecule has 1 saturated heterocycles. The third-order valence-electron chi connectivity index (χ3n) is 5.13. The van der Waals surface area contributed by atoms with E-state index in [-0.39, 0.29) is 29.4 Å². The van der Waals surface area contributed by atoms with E-state index in [1.165, 1.54) is 11.3 Å². The number of hydrogen-bond donors (Lipinski definition) is 1. The summed E-state index contributed by atoms with van der Waals surface area (Å²) in [6.07, 6.45) is 4.70. The maximum absolute atomic E-state index is 12.3. The molecule has 1 heterocycles. The molecule has 0 radical (unpaired) electrons. The van der Waals surface area contributed by atoms with Gasteiger partial charge in [-0.3, -0.25) is 14.5 Å². The van der Waals surface area contributed by atoms with Crippen LogP contribution >= 0.6 is 0 Å². The Morgan fingerprint density at radius 2 is 2.05 bits per heavy atom. The van der Waals surface area contributed by atoms with Gasteiger partial charge in [-0.1, -0.05) is 6.92 Å². The van der Waals surface area contributed by atoms with E-state index in [1.54, 1.807) is 0 Å². The number of nitrogens with zero attached hydrogens (tertiary/aromatic N) is 2. The van der Waals surface area contributed by atoms with Crippen LogP contribution in [0.2, 0.25) is 0 Å². The molecular weight excluding hydrogens is 254 g/mol. The van der Waals surface area contributed by atoms with Crippen LogP contribution in [0.25, 0.3) is 0 Å². The number of rotatable bonds is 6. The minimum absolute atomic E-state index is 0.00770. The van der Waals surface area contributed by atoms with E-state index < -0.39 is 0 Å². The molecule has 1 N–H and O–H groups in total. The van der Waals surface area contributed by atoms with Crippen molar-refractivity contribution in [1.82, 2.24) is 15.1 Å². The van der Waals surface area contributed by atoms with Crippen molar-refractivity contribution in [2.45, 2.75) is 63.6 Å². The van der Waals surface area contributed by atoms with E-state index in [0.717, 1.165) is 25.8 Å². The van der Waals surface area contributed by atoms with Gasteiger partial charge >= 0.3 is 0 Å². The molecule has 1 saturated carbocycles. The molecule has 2 atom stereocenters. The Hall–Kier alpha value is -0.940. The molecule has 114 valence electrons. The molecule has 0 aromatic heterocycles. The molecular formula is C15H27N3O2. The highest BCUT2D eigenvalue weighted by Gasteiger charge is 2.44. The number of amides is 2.